The summed E-state index contributed by atoms with van der Waals surface area (Å²) in [6.07, 6.45) is 1.89. The highest BCUT2D eigenvalue weighted by molar-refractivity contribution is 5.69. The lowest BCUT2D eigenvalue weighted by Crippen LogP contribution is -2.23. The van der Waals surface area contributed by atoms with Gasteiger partial charge in [0, 0.05) is 6.61 Å². The van der Waals surface area contributed by atoms with Crippen LogP contribution in [0, 0.1) is 0 Å². The molecule has 1 aliphatic heterocycles. The Bertz CT molecular complexity index is 169. The van der Waals surface area contributed by atoms with Gasteiger partial charge >= 0.3 is 5.97 Å². The summed E-state index contributed by atoms with van der Waals surface area (Å²) in [6, 6.07) is 0. The molecule has 1 aliphatic rings. The van der Waals surface area contributed by atoms with E-state index in [-0.39, 0.29) is 18.5 Å². The summed E-state index contributed by atoms with van der Waals surface area (Å²) in [4.78, 5) is 10.9. The van der Waals surface area contributed by atoms with E-state index in [2.05, 4.69) is 4.74 Å². The second kappa shape index (κ2) is 5.19. The zero-order valence-electron chi connectivity index (χ0n) is 8.12. The van der Waals surface area contributed by atoms with Gasteiger partial charge in [-0.3, -0.25) is 4.79 Å². The zero-order valence-corrected chi connectivity index (χ0v) is 8.12. The first-order valence-electron chi connectivity index (χ1n) is 4.56. The van der Waals surface area contributed by atoms with E-state index in [9.17, 15) is 4.79 Å². The van der Waals surface area contributed by atoms with Crippen molar-refractivity contribution in [3.05, 3.63) is 0 Å². The van der Waals surface area contributed by atoms with Crippen LogP contribution in [-0.2, 0) is 19.0 Å². The highest BCUT2D eigenvalue weighted by atomic mass is 16.7. The molecule has 0 N–H and O–H groups in total. The van der Waals surface area contributed by atoms with Crippen molar-refractivity contribution in [2.24, 2.45) is 0 Å². The number of carbonyl (C=O) groups excluding carboxylic acids is 1. The van der Waals surface area contributed by atoms with E-state index in [4.69, 9.17) is 9.47 Å². The minimum Gasteiger partial charge on any atom is -0.469 e. The summed E-state index contributed by atoms with van der Waals surface area (Å²) in [5.74, 6) is -0.292. The molecule has 1 rings (SSSR count). The monoisotopic (exact) mass is 188 g/mol. The maximum atomic E-state index is 10.9. The van der Waals surface area contributed by atoms with Gasteiger partial charge < -0.3 is 14.2 Å². The standard InChI is InChI=1S/C9H16O4/c1-7-4-3-5-12-9(13-7)6-8(10)11-2/h7,9H,3-6H2,1-2H3/t7-,9+/m0/s1. The van der Waals surface area contributed by atoms with E-state index >= 15 is 0 Å². The topological polar surface area (TPSA) is 44.8 Å². The molecule has 2 atom stereocenters. The van der Waals surface area contributed by atoms with Crippen LogP contribution in [0.2, 0.25) is 0 Å². The fraction of sp³-hybridized carbons (Fsp3) is 0.889. The SMILES string of the molecule is COC(=O)C[C@@H]1OCCC[C@H](C)O1. The third kappa shape index (κ3) is 3.74. The number of methoxy groups -OCH3 is 1. The Hall–Kier alpha value is -0.610. The largest absolute Gasteiger partial charge is 0.469 e. The Labute approximate surface area is 78.2 Å². The second-order valence-electron chi connectivity index (χ2n) is 3.17. The van der Waals surface area contributed by atoms with Gasteiger partial charge in [-0.15, -0.1) is 0 Å². The molecule has 4 heteroatoms. The summed E-state index contributed by atoms with van der Waals surface area (Å²) in [5.41, 5.74) is 0. The number of ether oxygens (including phenoxy) is 3. The quantitative estimate of drug-likeness (QED) is 0.608. The fourth-order valence-corrected chi connectivity index (χ4v) is 1.28. The Kier molecular flexibility index (Phi) is 4.18. The van der Waals surface area contributed by atoms with E-state index in [0.717, 1.165) is 12.8 Å². The first-order valence-corrected chi connectivity index (χ1v) is 4.56. The molecule has 13 heavy (non-hydrogen) atoms. The molecule has 0 spiro atoms. The predicted molar refractivity (Wildman–Crippen MR) is 46.2 cm³/mol. The number of hydrogen-bond acceptors (Lipinski definition) is 4. The first-order chi connectivity index (χ1) is 6.22. The van der Waals surface area contributed by atoms with Crippen molar-refractivity contribution < 1.29 is 19.0 Å². The van der Waals surface area contributed by atoms with Gasteiger partial charge in [-0.2, -0.15) is 0 Å². The first kappa shape index (κ1) is 10.5. The van der Waals surface area contributed by atoms with Gasteiger partial charge in [-0.05, 0) is 19.8 Å². The van der Waals surface area contributed by atoms with Gasteiger partial charge in [-0.25, -0.2) is 0 Å². The van der Waals surface area contributed by atoms with Gasteiger partial charge in [0.05, 0.1) is 19.6 Å². The van der Waals surface area contributed by atoms with Crippen LogP contribution in [-0.4, -0.2) is 32.1 Å². The van der Waals surface area contributed by atoms with Crippen LogP contribution in [0.1, 0.15) is 26.2 Å². The van der Waals surface area contributed by atoms with E-state index in [0.29, 0.717) is 6.61 Å². The molecule has 0 saturated carbocycles. The molecule has 0 unspecified atom stereocenters. The van der Waals surface area contributed by atoms with Crippen molar-refractivity contribution in [3.8, 4) is 0 Å². The minimum atomic E-state index is -0.426. The summed E-state index contributed by atoms with van der Waals surface area (Å²) in [5, 5.41) is 0. The van der Waals surface area contributed by atoms with Crippen LogP contribution in [0.4, 0.5) is 0 Å². The van der Waals surface area contributed by atoms with Crippen molar-refractivity contribution in [2.75, 3.05) is 13.7 Å². The lowest BCUT2D eigenvalue weighted by atomic mass is 10.2. The Morgan fingerprint density at radius 2 is 2.38 bits per heavy atom. The molecular weight excluding hydrogens is 172 g/mol. The van der Waals surface area contributed by atoms with Gasteiger partial charge in [0.2, 0.25) is 0 Å². The summed E-state index contributed by atoms with van der Waals surface area (Å²) in [6.45, 7) is 2.64. The Balaban J connectivity index is 2.34. The molecule has 1 fully saturated rings. The molecule has 0 aromatic heterocycles. The van der Waals surface area contributed by atoms with Gasteiger partial charge in [0.25, 0.3) is 0 Å². The normalized spacial score (nSPS) is 29.4. The highest BCUT2D eigenvalue weighted by Crippen LogP contribution is 2.14. The molecule has 4 nitrogen and oxygen atoms in total. The molecule has 0 aliphatic carbocycles. The zero-order chi connectivity index (χ0) is 9.68. The lowest BCUT2D eigenvalue weighted by molar-refractivity contribution is -0.172. The van der Waals surface area contributed by atoms with Crippen molar-refractivity contribution in [2.45, 2.75) is 38.6 Å². The van der Waals surface area contributed by atoms with E-state index in [1.807, 2.05) is 6.92 Å². The van der Waals surface area contributed by atoms with Gasteiger partial charge in [0.15, 0.2) is 6.29 Å². The van der Waals surface area contributed by atoms with Crippen molar-refractivity contribution in [3.63, 3.8) is 0 Å². The number of esters is 1. The Morgan fingerprint density at radius 1 is 1.62 bits per heavy atom. The molecule has 0 radical (unpaired) electrons. The summed E-state index contributed by atoms with van der Waals surface area (Å²) in [7, 11) is 1.36. The third-order valence-electron chi connectivity index (χ3n) is 2.00. The van der Waals surface area contributed by atoms with Gasteiger partial charge in [-0.1, -0.05) is 0 Å². The molecule has 0 aromatic rings. The average Bonchev–Trinajstić information content (AvgIpc) is 2.30. The minimum absolute atomic E-state index is 0.164. The van der Waals surface area contributed by atoms with Crippen LogP contribution in [0.5, 0.6) is 0 Å². The van der Waals surface area contributed by atoms with Crippen molar-refractivity contribution >= 4 is 5.97 Å². The smallest absolute Gasteiger partial charge is 0.310 e. The fourth-order valence-electron chi connectivity index (χ4n) is 1.28. The summed E-state index contributed by atoms with van der Waals surface area (Å²) >= 11 is 0. The molecular formula is C9H16O4. The molecule has 1 heterocycles. The molecule has 0 aromatic carbocycles. The number of rotatable bonds is 2. The van der Waals surface area contributed by atoms with E-state index < -0.39 is 6.29 Å². The van der Waals surface area contributed by atoms with Crippen LogP contribution in [0.15, 0.2) is 0 Å². The van der Waals surface area contributed by atoms with Crippen molar-refractivity contribution in [1.29, 1.82) is 0 Å². The maximum Gasteiger partial charge on any atom is 0.310 e. The van der Waals surface area contributed by atoms with E-state index in [1.165, 1.54) is 7.11 Å². The van der Waals surface area contributed by atoms with Gasteiger partial charge in [0.1, 0.15) is 0 Å². The summed E-state index contributed by atoms with van der Waals surface area (Å²) < 4.78 is 15.3. The number of carbonyl (C=O) groups is 1. The average molecular weight is 188 g/mol. The lowest BCUT2D eigenvalue weighted by Gasteiger charge is -2.17. The maximum absolute atomic E-state index is 10.9. The van der Waals surface area contributed by atoms with Crippen LogP contribution < -0.4 is 0 Å². The second-order valence-corrected chi connectivity index (χ2v) is 3.17. The number of hydrogen-bond donors (Lipinski definition) is 0. The van der Waals surface area contributed by atoms with Crippen LogP contribution in [0.3, 0.4) is 0 Å². The predicted octanol–water partition coefficient (Wildman–Crippen LogP) is 1.09. The van der Waals surface area contributed by atoms with E-state index in [1.54, 1.807) is 0 Å². The molecule has 0 amide bonds. The Morgan fingerprint density at radius 3 is 3.08 bits per heavy atom. The van der Waals surface area contributed by atoms with Crippen LogP contribution >= 0.6 is 0 Å². The molecule has 1 saturated heterocycles. The third-order valence-corrected chi connectivity index (χ3v) is 2.00. The molecule has 0 bridgehead atoms. The van der Waals surface area contributed by atoms with Crippen LogP contribution in [0.25, 0.3) is 0 Å². The molecule has 76 valence electrons. The van der Waals surface area contributed by atoms with Crippen molar-refractivity contribution in [1.82, 2.24) is 0 Å². The highest BCUT2D eigenvalue weighted by Gasteiger charge is 2.20.